The molecule has 3 aromatic rings. The Balaban J connectivity index is 1.66. The number of ether oxygens (including phenoxy) is 1. The first kappa shape index (κ1) is 19.0. The maximum Gasteiger partial charge on any atom is 0.142 e. The van der Waals surface area contributed by atoms with Crippen molar-refractivity contribution in [3.05, 3.63) is 71.0 Å². The maximum atomic E-state index is 5.93. The highest BCUT2D eigenvalue weighted by molar-refractivity contribution is 6.30. The number of aryl methyl sites for hydroxylation is 1. The summed E-state index contributed by atoms with van der Waals surface area (Å²) < 4.78 is 5.66. The van der Waals surface area contributed by atoms with Gasteiger partial charge in [0.05, 0.1) is 12.3 Å². The number of hydrogen-bond acceptors (Lipinski definition) is 5. The lowest BCUT2D eigenvalue weighted by molar-refractivity contribution is 0.342. The Hall–Kier alpha value is -2.79. The van der Waals surface area contributed by atoms with E-state index in [1.165, 1.54) is 5.56 Å². The normalized spacial score (nSPS) is 10.5. The third-order valence-corrected chi connectivity index (χ3v) is 4.17. The van der Waals surface area contributed by atoms with Crippen LogP contribution in [0.3, 0.4) is 0 Å². The molecule has 0 radical (unpaired) electrons. The van der Waals surface area contributed by atoms with E-state index in [4.69, 9.17) is 16.3 Å². The molecule has 0 bridgehead atoms. The molecular formula is C21H23ClN4O. The van der Waals surface area contributed by atoms with Gasteiger partial charge in [-0.25, -0.2) is 9.97 Å². The predicted octanol–water partition coefficient (Wildman–Crippen LogP) is 5.24. The number of hydrogen-bond donors (Lipinski definition) is 2. The molecule has 0 amide bonds. The van der Waals surface area contributed by atoms with E-state index in [-0.39, 0.29) is 0 Å². The average molecular weight is 383 g/mol. The van der Waals surface area contributed by atoms with Gasteiger partial charge in [0.2, 0.25) is 0 Å². The van der Waals surface area contributed by atoms with E-state index in [2.05, 4.69) is 20.6 Å². The van der Waals surface area contributed by atoms with Crippen molar-refractivity contribution in [1.29, 1.82) is 0 Å². The van der Waals surface area contributed by atoms with E-state index in [9.17, 15) is 0 Å². The molecule has 0 atom stereocenters. The van der Waals surface area contributed by atoms with Gasteiger partial charge in [0.15, 0.2) is 0 Å². The Morgan fingerprint density at radius 3 is 2.52 bits per heavy atom. The molecule has 0 unspecified atom stereocenters. The maximum absolute atomic E-state index is 5.93. The number of anilines is 3. The SMILES string of the molecule is CCOc1ccccc1Nc1cc(NCCc2ccc(Cl)cc2)nc(C)n1. The van der Waals surface area contributed by atoms with Crippen molar-refractivity contribution in [3.63, 3.8) is 0 Å². The zero-order chi connectivity index (χ0) is 19.1. The quantitative estimate of drug-likeness (QED) is 0.558. The van der Waals surface area contributed by atoms with Gasteiger partial charge in [-0.15, -0.1) is 0 Å². The number of aromatic nitrogens is 2. The van der Waals surface area contributed by atoms with Gasteiger partial charge in [-0.1, -0.05) is 35.9 Å². The van der Waals surface area contributed by atoms with Crippen LogP contribution in [0.4, 0.5) is 17.3 Å². The lowest BCUT2D eigenvalue weighted by atomic mass is 10.1. The second kappa shape index (κ2) is 9.24. The highest BCUT2D eigenvalue weighted by Gasteiger charge is 2.06. The van der Waals surface area contributed by atoms with E-state index in [1.807, 2.05) is 68.4 Å². The molecule has 27 heavy (non-hydrogen) atoms. The predicted molar refractivity (Wildman–Crippen MR) is 111 cm³/mol. The minimum atomic E-state index is 0.610. The minimum absolute atomic E-state index is 0.610. The van der Waals surface area contributed by atoms with Crippen LogP contribution >= 0.6 is 11.6 Å². The summed E-state index contributed by atoms with van der Waals surface area (Å²) in [5, 5.41) is 7.43. The number of para-hydroxylation sites is 2. The third kappa shape index (κ3) is 5.59. The first-order chi connectivity index (χ1) is 13.1. The molecule has 2 N–H and O–H groups in total. The molecule has 0 aliphatic heterocycles. The number of rotatable bonds is 8. The topological polar surface area (TPSA) is 59.1 Å². The summed E-state index contributed by atoms with van der Waals surface area (Å²) >= 11 is 5.93. The van der Waals surface area contributed by atoms with Gasteiger partial charge in [-0.3, -0.25) is 0 Å². The van der Waals surface area contributed by atoms with Crippen molar-refractivity contribution in [2.45, 2.75) is 20.3 Å². The van der Waals surface area contributed by atoms with Crippen LogP contribution in [0, 0.1) is 6.92 Å². The van der Waals surface area contributed by atoms with Crippen LogP contribution in [0.5, 0.6) is 5.75 Å². The number of benzene rings is 2. The molecule has 6 heteroatoms. The van der Waals surface area contributed by atoms with Crippen LogP contribution in [0.2, 0.25) is 5.02 Å². The Morgan fingerprint density at radius 2 is 1.74 bits per heavy atom. The molecule has 0 spiro atoms. The van der Waals surface area contributed by atoms with Crippen molar-refractivity contribution < 1.29 is 4.74 Å². The minimum Gasteiger partial charge on any atom is -0.492 e. The summed E-state index contributed by atoms with van der Waals surface area (Å²) in [6.45, 7) is 5.23. The molecule has 0 fully saturated rings. The van der Waals surface area contributed by atoms with Gasteiger partial charge in [0.25, 0.3) is 0 Å². The number of nitrogens with one attached hydrogen (secondary N) is 2. The zero-order valence-electron chi connectivity index (χ0n) is 15.5. The van der Waals surface area contributed by atoms with Gasteiger partial charge in [0, 0.05) is 17.6 Å². The fourth-order valence-corrected chi connectivity index (χ4v) is 2.82. The third-order valence-electron chi connectivity index (χ3n) is 3.92. The van der Waals surface area contributed by atoms with Crippen LogP contribution < -0.4 is 15.4 Å². The Morgan fingerprint density at radius 1 is 1.00 bits per heavy atom. The van der Waals surface area contributed by atoms with Crippen molar-refractivity contribution in [2.75, 3.05) is 23.8 Å². The van der Waals surface area contributed by atoms with Gasteiger partial charge < -0.3 is 15.4 Å². The molecular weight excluding hydrogens is 360 g/mol. The van der Waals surface area contributed by atoms with E-state index in [1.54, 1.807) is 0 Å². The Kier molecular flexibility index (Phi) is 6.49. The molecule has 0 aliphatic rings. The van der Waals surface area contributed by atoms with E-state index >= 15 is 0 Å². The number of halogens is 1. The lowest BCUT2D eigenvalue weighted by Gasteiger charge is -2.13. The monoisotopic (exact) mass is 382 g/mol. The average Bonchev–Trinajstić information content (AvgIpc) is 2.65. The van der Waals surface area contributed by atoms with Gasteiger partial charge in [0.1, 0.15) is 23.2 Å². The summed E-state index contributed by atoms with van der Waals surface area (Å²) in [6, 6.07) is 17.6. The van der Waals surface area contributed by atoms with E-state index in [0.717, 1.165) is 41.1 Å². The van der Waals surface area contributed by atoms with Crippen LogP contribution in [-0.2, 0) is 6.42 Å². The smallest absolute Gasteiger partial charge is 0.142 e. The molecule has 1 aromatic heterocycles. The van der Waals surface area contributed by atoms with Crippen molar-refractivity contribution in [3.8, 4) is 5.75 Å². The Labute approximate surface area is 164 Å². The zero-order valence-corrected chi connectivity index (χ0v) is 16.3. The molecule has 140 valence electrons. The molecule has 2 aromatic carbocycles. The van der Waals surface area contributed by atoms with Gasteiger partial charge in [-0.2, -0.15) is 0 Å². The molecule has 0 saturated carbocycles. The fourth-order valence-electron chi connectivity index (χ4n) is 2.70. The largest absolute Gasteiger partial charge is 0.492 e. The highest BCUT2D eigenvalue weighted by Crippen LogP contribution is 2.27. The van der Waals surface area contributed by atoms with Crippen molar-refractivity contribution in [1.82, 2.24) is 9.97 Å². The van der Waals surface area contributed by atoms with Crippen LogP contribution in [-0.4, -0.2) is 23.1 Å². The van der Waals surface area contributed by atoms with E-state index in [0.29, 0.717) is 12.4 Å². The van der Waals surface area contributed by atoms with Gasteiger partial charge >= 0.3 is 0 Å². The number of nitrogens with zero attached hydrogens (tertiary/aromatic N) is 2. The van der Waals surface area contributed by atoms with Crippen LogP contribution in [0.15, 0.2) is 54.6 Å². The summed E-state index contributed by atoms with van der Waals surface area (Å²) in [5.74, 6) is 3.01. The van der Waals surface area contributed by atoms with E-state index < -0.39 is 0 Å². The first-order valence-electron chi connectivity index (χ1n) is 8.97. The summed E-state index contributed by atoms with van der Waals surface area (Å²) in [5.41, 5.74) is 2.10. The highest BCUT2D eigenvalue weighted by atomic mass is 35.5. The van der Waals surface area contributed by atoms with Crippen LogP contribution in [0.25, 0.3) is 0 Å². The lowest BCUT2D eigenvalue weighted by Crippen LogP contribution is -2.08. The summed E-state index contributed by atoms with van der Waals surface area (Å²) in [7, 11) is 0. The summed E-state index contributed by atoms with van der Waals surface area (Å²) in [6.07, 6.45) is 0.885. The fraction of sp³-hybridized carbons (Fsp3) is 0.238. The van der Waals surface area contributed by atoms with Crippen LogP contribution in [0.1, 0.15) is 18.3 Å². The van der Waals surface area contributed by atoms with Crippen molar-refractivity contribution >= 4 is 28.9 Å². The molecule has 0 aliphatic carbocycles. The summed E-state index contributed by atoms with van der Waals surface area (Å²) in [4.78, 5) is 8.94. The Bertz CT molecular complexity index is 884. The second-order valence-electron chi connectivity index (χ2n) is 6.04. The molecule has 0 saturated heterocycles. The second-order valence-corrected chi connectivity index (χ2v) is 6.48. The van der Waals surface area contributed by atoms with Gasteiger partial charge in [-0.05, 0) is 50.1 Å². The first-order valence-corrected chi connectivity index (χ1v) is 9.34. The molecule has 3 rings (SSSR count). The molecule has 1 heterocycles. The standard InChI is InChI=1S/C21H23ClN4O/c1-3-27-19-7-5-4-6-18(19)26-21-14-20(24-15(2)25-21)23-13-12-16-8-10-17(22)11-9-16/h4-11,14H,3,12-13H2,1-2H3,(H2,23,24,25,26). The van der Waals surface area contributed by atoms with Crippen molar-refractivity contribution in [2.24, 2.45) is 0 Å². The molecule has 5 nitrogen and oxygen atoms in total.